The summed E-state index contributed by atoms with van der Waals surface area (Å²) in [5, 5.41) is 0. The molecule has 6 heteroatoms. The first-order valence-corrected chi connectivity index (χ1v) is 7.75. The van der Waals surface area contributed by atoms with Gasteiger partial charge in [0.05, 0.1) is 4.90 Å². The molecule has 1 aromatic rings. The van der Waals surface area contributed by atoms with Crippen LogP contribution in [0.15, 0.2) is 23.1 Å². The molecule has 19 heavy (non-hydrogen) atoms. The molecule has 0 saturated carbocycles. The van der Waals surface area contributed by atoms with Crippen LogP contribution < -0.4 is 15.2 Å². The number of hydrogen-bond acceptors (Lipinski definition) is 4. The molecule has 0 aromatic heterocycles. The van der Waals surface area contributed by atoms with Gasteiger partial charge in [0.1, 0.15) is 11.9 Å². The molecule has 106 valence electrons. The van der Waals surface area contributed by atoms with Gasteiger partial charge in [-0.05, 0) is 44.5 Å². The minimum atomic E-state index is -3.55. The maximum Gasteiger partial charge on any atom is 0.241 e. The van der Waals surface area contributed by atoms with Crippen molar-refractivity contribution in [2.24, 2.45) is 5.73 Å². The maximum atomic E-state index is 12.3. The van der Waals surface area contributed by atoms with Gasteiger partial charge < -0.3 is 10.5 Å². The van der Waals surface area contributed by atoms with Crippen molar-refractivity contribution in [2.75, 3.05) is 6.54 Å². The van der Waals surface area contributed by atoms with Gasteiger partial charge in [-0.1, -0.05) is 0 Å². The van der Waals surface area contributed by atoms with Gasteiger partial charge in [-0.15, -0.1) is 0 Å². The summed E-state index contributed by atoms with van der Waals surface area (Å²) in [6, 6.07) is 4.95. The highest BCUT2D eigenvalue weighted by Crippen LogP contribution is 2.30. The van der Waals surface area contributed by atoms with Gasteiger partial charge in [-0.3, -0.25) is 0 Å². The third kappa shape index (κ3) is 3.08. The van der Waals surface area contributed by atoms with Crippen molar-refractivity contribution in [3.63, 3.8) is 0 Å². The first-order chi connectivity index (χ1) is 8.73. The van der Waals surface area contributed by atoms with Crippen LogP contribution in [-0.4, -0.2) is 26.6 Å². The van der Waals surface area contributed by atoms with E-state index in [0.717, 1.165) is 17.7 Å². The van der Waals surface area contributed by atoms with Crippen LogP contribution in [-0.2, 0) is 16.4 Å². The average Bonchev–Trinajstić information content (AvgIpc) is 2.66. The summed E-state index contributed by atoms with van der Waals surface area (Å²) in [5.41, 5.74) is 5.82. The summed E-state index contributed by atoms with van der Waals surface area (Å²) in [6.45, 7) is 5.70. The highest BCUT2D eigenvalue weighted by Gasteiger charge is 2.27. The largest absolute Gasteiger partial charge is 0.490 e. The predicted molar refractivity (Wildman–Crippen MR) is 73.7 cm³/mol. The van der Waals surface area contributed by atoms with Gasteiger partial charge in [-0.2, -0.15) is 0 Å². The van der Waals surface area contributed by atoms with Gasteiger partial charge in [0.15, 0.2) is 0 Å². The number of rotatable bonds is 4. The second-order valence-corrected chi connectivity index (χ2v) is 7.28. The van der Waals surface area contributed by atoms with Crippen LogP contribution in [0.25, 0.3) is 0 Å². The van der Waals surface area contributed by atoms with E-state index in [4.69, 9.17) is 10.5 Å². The Hall–Kier alpha value is -1.11. The molecular weight excluding hydrogens is 264 g/mol. The van der Waals surface area contributed by atoms with Crippen LogP contribution in [0.1, 0.15) is 26.3 Å². The third-order valence-electron chi connectivity index (χ3n) is 3.10. The maximum absolute atomic E-state index is 12.3. The van der Waals surface area contributed by atoms with Gasteiger partial charge in [0.2, 0.25) is 10.0 Å². The molecule has 2 rings (SSSR count). The summed E-state index contributed by atoms with van der Waals surface area (Å²) in [7, 11) is -3.55. The Morgan fingerprint density at radius 2 is 2.16 bits per heavy atom. The van der Waals surface area contributed by atoms with E-state index in [1.165, 1.54) is 0 Å². The van der Waals surface area contributed by atoms with Crippen molar-refractivity contribution in [1.82, 2.24) is 4.72 Å². The summed E-state index contributed by atoms with van der Waals surface area (Å²) in [4.78, 5) is 0.255. The van der Waals surface area contributed by atoms with Crippen LogP contribution >= 0.6 is 0 Å². The topological polar surface area (TPSA) is 81.4 Å². The average molecular weight is 284 g/mol. The fourth-order valence-electron chi connectivity index (χ4n) is 2.03. The van der Waals surface area contributed by atoms with E-state index in [1.807, 2.05) is 6.92 Å². The minimum Gasteiger partial charge on any atom is -0.490 e. The number of sulfonamides is 1. The molecular formula is C13H20N2O3S. The third-order valence-corrected chi connectivity index (χ3v) is 4.79. The van der Waals surface area contributed by atoms with Gasteiger partial charge in [0, 0.05) is 18.5 Å². The van der Waals surface area contributed by atoms with Gasteiger partial charge >= 0.3 is 0 Å². The summed E-state index contributed by atoms with van der Waals surface area (Å²) >= 11 is 0. The van der Waals surface area contributed by atoms with Gasteiger partial charge in [0.25, 0.3) is 0 Å². The molecule has 5 nitrogen and oxygen atoms in total. The van der Waals surface area contributed by atoms with Crippen LogP contribution in [0.4, 0.5) is 0 Å². The molecule has 1 aromatic carbocycles. The predicted octanol–water partition coefficient (Wildman–Crippen LogP) is 1.03. The van der Waals surface area contributed by atoms with Crippen molar-refractivity contribution in [3.05, 3.63) is 23.8 Å². The van der Waals surface area contributed by atoms with E-state index in [0.29, 0.717) is 0 Å². The molecule has 0 amide bonds. The minimum absolute atomic E-state index is 0.0985. The molecule has 0 bridgehead atoms. The van der Waals surface area contributed by atoms with E-state index in [1.54, 1.807) is 32.0 Å². The lowest BCUT2D eigenvalue weighted by Gasteiger charge is -2.23. The molecule has 0 spiro atoms. The van der Waals surface area contributed by atoms with Crippen LogP contribution in [0.2, 0.25) is 0 Å². The lowest BCUT2D eigenvalue weighted by molar-refractivity contribution is 0.254. The zero-order chi connectivity index (χ0) is 14.3. The molecule has 1 heterocycles. The Balaban J connectivity index is 2.30. The molecule has 1 atom stereocenters. The summed E-state index contributed by atoms with van der Waals surface area (Å²) in [6.07, 6.45) is 0.834. The summed E-state index contributed by atoms with van der Waals surface area (Å²) in [5.74, 6) is 0.768. The normalized spacial score (nSPS) is 19.1. The highest BCUT2D eigenvalue weighted by molar-refractivity contribution is 7.89. The Labute approximate surface area is 114 Å². The quantitative estimate of drug-likeness (QED) is 0.865. The number of fused-ring (bicyclic) bond motifs is 1. The van der Waals surface area contributed by atoms with E-state index in [-0.39, 0.29) is 17.5 Å². The van der Waals surface area contributed by atoms with Crippen molar-refractivity contribution < 1.29 is 13.2 Å². The van der Waals surface area contributed by atoms with E-state index >= 15 is 0 Å². The first-order valence-electron chi connectivity index (χ1n) is 6.27. The molecule has 1 aliphatic heterocycles. The number of nitrogens with two attached hydrogens (primary N) is 1. The Morgan fingerprint density at radius 3 is 2.79 bits per heavy atom. The van der Waals surface area contributed by atoms with E-state index < -0.39 is 15.6 Å². The zero-order valence-corrected chi connectivity index (χ0v) is 12.3. The fourth-order valence-corrected chi connectivity index (χ4v) is 3.50. The number of hydrogen-bond donors (Lipinski definition) is 2. The fraction of sp³-hybridized carbons (Fsp3) is 0.538. The molecule has 0 fully saturated rings. The van der Waals surface area contributed by atoms with Crippen molar-refractivity contribution in [1.29, 1.82) is 0 Å². The van der Waals surface area contributed by atoms with E-state index in [2.05, 4.69) is 4.72 Å². The lowest BCUT2D eigenvalue weighted by Crippen LogP contribution is -2.48. The summed E-state index contributed by atoms with van der Waals surface area (Å²) < 4.78 is 32.7. The zero-order valence-electron chi connectivity index (χ0n) is 11.4. The Bertz CT molecular complexity index is 582. The number of benzene rings is 1. The second-order valence-electron chi connectivity index (χ2n) is 5.60. The molecule has 0 radical (unpaired) electrons. The SMILES string of the molecule is C[C@H]1Cc2cc(S(=O)(=O)NC(C)(C)CN)ccc2O1. The van der Waals surface area contributed by atoms with Crippen molar-refractivity contribution in [3.8, 4) is 5.75 Å². The second kappa shape index (κ2) is 4.77. The number of nitrogens with one attached hydrogen (secondary N) is 1. The van der Waals surface area contributed by atoms with Crippen LogP contribution in [0, 0.1) is 0 Å². The van der Waals surface area contributed by atoms with Crippen LogP contribution in [0.3, 0.4) is 0 Å². The lowest BCUT2D eigenvalue weighted by atomic mass is 10.1. The molecule has 3 N–H and O–H groups in total. The van der Waals surface area contributed by atoms with Crippen molar-refractivity contribution >= 4 is 10.0 Å². The van der Waals surface area contributed by atoms with Gasteiger partial charge in [-0.25, -0.2) is 13.1 Å². The Morgan fingerprint density at radius 1 is 1.47 bits per heavy atom. The molecule has 0 unspecified atom stereocenters. The monoisotopic (exact) mass is 284 g/mol. The molecule has 0 aliphatic carbocycles. The smallest absolute Gasteiger partial charge is 0.241 e. The van der Waals surface area contributed by atoms with E-state index in [9.17, 15) is 8.42 Å². The van der Waals surface area contributed by atoms with Crippen LogP contribution in [0.5, 0.6) is 5.75 Å². The van der Waals surface area contributed by atoms with Crippen molar-refractivity contribution in [2.45, 2.75) is 43.7 Å². The highest BCUT2D eigenvalue weighted by atomic mass is 32.2. The molecule has 0 saturated heterocycles. The Kier molecular flexibility index (Phi) is 3.59. The standard InChI is InChI=1S/C13H20N2O3S/c1-9-6-10-7-11(4-5-12(10)18-9)19(16,17)15-13(2,3)8-14/h4-5,7,9,15H,6,8,14H2,1-3H3/t9-/m0/s1. The molecule has 1 aliphatic rings. The number of ether oxygens (including phenoxy) is 1. The first kappa shape index (κ1) is 14.3.